The SMILES string of the molecule is COc1c(Cl)cc(C=Nn2c(-c3ccccc3)nc3ccccc3c2=O)cc1Br. The molecule has 3 aromatic carbocycles. The molecule has 1 heterocycles. The molecule has 0 spiro atoms. The smallest absolute Gasteiger partial charge is 0.282 e. The van der Waals surface area contributed by atoms with Crippen LogP contribution in [0.4, 0.5) is 0 Å². The van der Waals surface area contributed by atoms with Gasteiger partial charge in [-0.1, -0.05) is 54.1 Å². The fourth-order valence-corrected chi connectivity index (χ4v) is 4.04. The van der Waals surface area contributed by atoms with Crippen LogP contribution in [0.2, 0.25) is 5.02 Å². The van der Waals surface area contributed by atoms with Crippen molar-refractivity contribution in [1.29, 1.82) is 0 Å². The maximum Gasteiger partial charge on any atom is 0.282 e. The van der Waals surface area contributed by atoms with Crippen molar-refractivity contribution in [2.75, 3.05) is 7.11 Å². The summed E-state index contributed by atoms with van der Waals surface area (Å²) in [6, 6.07) is 20.2. The van der Waals surface area contributed by atoms with Gasteiger partial charge in [0.2, 0.25) is 0 Å². The minimum absolute atomic E-state index is 0.246. The molecular formula is C22H15BrClN3O2. The van der Waals surface area contributed by atoms with E-state index in [-0.39, 0.29) is 5.56 Å². The lowest BCUT2D eigenvalue weighted by Gasteiger charge is -2.10. The maximum absolute atomic E-state index is 13.1. The van der Waals surface area contributed by atoms with Gasteiger partial charge in [-0.3, -0.25) is 4.79 Å². The predicted molar refractivity (Wildman–Crippen MR) is 120 cm³/mol. The number of aromatic nitrogens is 2. The number of halogens is 2. The summed E-state index contributed by atoms with van der Waals surface area (Å²) in [6.45, 7) is 0. The molecule has 0 saturated carbocycles. The van der Waals surface area contributed by atoms with Gasteiger partial charge >= 0.3 is 0 Å². The molecule has 144 valence electrons. The lowest BCUT2D eigenvalue weighted by Crippen LogP contribution is -2.20. The van der Waals surface area contributed by atoms with Crippen LogP contribution in [0.25, 0.3) is 22.3 Å². The molecule has 29 heavy (non-hydrogen) atoms. The van der Waals surface area contributed by atoms with E-state index in [1.165, 1.54) is 4.68 Å². The topological polar surface area (TPSA) is 56.5 Å². The van der Waals surface area contributed by atoms with Crippen LogP contribution in [0.3, 0.4) is 0 Å². The molecule has 0 amide bonds. The normalized spacial score (nSPS) is 11.3. The van der Waals surface area contributed by atoms with Gasteiger partial charge in [0.05, 0.1) is 33.7 Å². The number of benzene rings is 3. The quantitative estimate of drug-likeness (QED) is 0.378. The molecule has 0 N–H and O–H groups in total. The Labute approximate surface area is 180 Å². The molecule has 4 aromatic rings. The second kappa shape index (κ2) is 8.19. The van der Waals surface area contributed by atoms with Crippen molar-refractivity contribution in [3.63, 3.8) is 0 Å². The van der Waals surface area contributed by atoms with Crippen LogP contribution in [0, 0.1) is 0 Å². The molecule has 4 rings (SSSR count). The second-order valence-corrected chi connectivity index (χ2v) is 7.46. The van der Waals surface area contributed by atoms with E-state index in [1.54, 1.807) is 25.5 Å². The molecule has 0 aliphatic carbocycles. The van der Waals surface area contributed by atoms with Gasteiger partial charge in [0.15, 0.2) is 11.6 Å². The van der Waals surface area contributed by atoms with E-state index in [1.807, 2.05) is 54.6 Å². The number of ether oxygens (including phenoxy) is 1. The number of hydrogen-bond acceptors (Lipinski definition) is 4. The fraction of sp³-hybridized carbons (Fsp3) is 0.0455. The monoisotopic (exact) mass is 467 g/mol. The third-order valence-corrected chi connectivity index (χ3v) is 5.20. The minimum atomic E-state index is -0.246. The fourth-order valence-electron chi connectivity index (χ4n) is 2.98. The standard InChI is InChI=1S/C22H15BrClN3O2/c1-29-20-17(23)11-14(12-18(20)24)13-25-27-21(15-7-3-2-4-8-15)26-19-10-6-5-9-16(19)22(27)28/h2-13H,1H3. The van der Waals surface area contributed by atoms with Crippen LogP contribution in [-0.4, -0.2) is 23.0 Å². The largest absolute Gasteiger partial charge is 0.494 e. The zero-order valence-corrected chi connectivity index (χ0v) is 17.7. The van der Waals surface area contributed by atoms with Gasteiger partial charge in [-0.15, -0.1) is 0 Å². The van der Waals surface area contributed by atoms with Gasteiger partial charge in [0, 0.05) is 5.56 Å². The summed E-state index contributed by atoms with van der Waals surface area (Å²) in [7, 11) is 1.55. The number of nitrogens with zero attached hydrogens (tertiary/aromatic N) is 3. The Morgan fingerprint density at radius 2 is 1.83 bits per heavy atom. The highest BCUT2D eigenvalue weighted by Gasteiger charge is 2.12. The first-order chi connectivity index (χ1) is 14.1. The predicted octanol–water partition coefficient (Wildman–Crippen LogP) is 5.37. The van der Waals surface area contributed by atoms with Gasteiger partial charge in [-0.25, -0.2) is 4.98 Å². The van der Waals surface area contributed by atoms with Crippen molar-refractivity contribution < 1.29 is 4.74 Å². The number of para-hydroxylation sites is 1. The van der Waals surface area contributed by atoms with Crippen LogP contribution in [-0.2, 0) is 0 Å². The van der Waals surface area contributed by atoms with E-state index in [4.69, 9.17) is 16.3 Å². The van der Waals surface area contributed by atoms with E-state index >= 15 is 0 Å². The Morgan fingerprint density at radius 1 is 1.10 bits per heavy atom. The molecule has 0 atom stereocenters. The number of fused-ring (bicyclic) bond motifs is 1. The van der Waals surface area contributed by atoms with E-state index < -0.39 is 0 Å². The molecule has 0 unspecified atom stereocenters. The summed E-state index contributed by atoms with van der Waals surface area (Å²) in [5.74, 6) is 1.00. The molecule has 0 aliphatic rings. The van der Waals surface area contributed by atoms with Gasteiger partial charge in [0.25, 0.3) is 5.56 Å². The first kappa shape index (κ1) is 19.4. The molecule has 5 nitrogen and oxygen atoms in total. The molecular weight excluding hydrogens is 454 g/mol. The van der Waals surface area contributed by atoms with E-state index in [0.717, 1.165) is 5.56 Å². The number of rotatable bonds is 4. The van der Waals surface area contributed by atoms with Crippen LogP contribution < -0.4 is 10.3 Å². The Morgan fingerprint density at radius 3 is 2.55 bits per heavy atom. The van der Waals surface area contributed by atoms with E-state index in [0.29, 0.717) is 37.5 Å². The van der Waals surface area contributed by atoms with Gasteiger partial charge in [-0.2, -0.15) is 9.78 Å². The Kier molecular flexibility index (Phi) is 5.47. The Bertz CT molecular complexity index is 1260. The van der Waals surface area contributed by atoms with Crippen molar-refractivity contribution >= 4 is 44.6 Å². The van der Waals surface area contributed by atoms with Crippen molar-refractivity contribution in [3.8, 4) is 17.1 Å². The first-order valence-corrected chi connectivity index (χ1v) is 9.90. The lowest BCUT2D eigenvalue weighted by atomic mass is 10.2. The zero-order valence-electron chi connectivity index (χ0n) is 15.3. The Balaban J connectivity index is 1.90. The molecule has 0 aliphatic heterocycles. The highest BCUT2D eigenvalue weighted by Crippen LogP contribution is 2.33. The van der Waals surface area contributed by atoms with Crippen molar-refractivity contribution in [1.82, 2.24) is 9.66 Å². The molecule has 7 heteroatoms. The number of methoxy groups -OCH3 is 1. The second-order valence-electron chi connectivity index (χ2n) is 6.20. The average Bonchev–Trinajstić information content (AvgIpc) is 2.73. The minimum Gasteiger partial charge on any atom is -0.494 e. The number of hydrogen-bond donors (Lipinski definition) is 0. The van der Waals surface area contributed by atoms with Gasteiger partial charge < -0.3 is 4.74 Å². The Hall–Kier alpha value is -2.96. The molecule has 1 aromatic heterocycles. The van der Waals surface area contributed by atoms with Crippen LogP contribution in [0.15, 0.2) is 81.1 Å². The lowest BCUT2D eigenvalue weighted by molar-refractivity contribution is 0.412. The maximum atomic E-state index is 13.1. The highest BCUT2D eigenvalue weighted by molar-refractivity contribution is 9.10. The van der Waals surface area contributed by atoms with Crippen molar-refractivity contribution in [2.24, 2.45) is 5.10 Å². The van der Waals surface area contributed by atoms with E-state index in [9.17, 15) is 4.79 Å². The molecule has 0 radical (unpaired) electrons. The van der Waals surface area contributed by atoms with Crippen molar-refractivity contribution in [2.45, 2.75) is 0 Å². The van der Waals surface area contributed by atoms with Crippen LogP contribution in [0.1, 0.15) is 5.56 Å². The van der Waals surface area contributed by atoms with Crippen LogP contribution >= 0.6 is 27.5 Å². The third kappa shape index (κ3) is 3.81. The molecule has 0 bridgehead atoms. The summed E-state index contributed by atoms with van der Waals surface area (Å²) in [6.07, 6.45) is 1.57. The first-order valence-electron chi connectivity index (χ1n) is 8.73. The van der Waals surface area contributed by atoms with Gasteiger partial charge in [0.1, 0.15) is 0 Å². The van der Waals surface area contributed by atoms with Crippen molar-refractivity contribution in [3.05, 3.63) is 92.1 Å². The summed E-state index contributed by atoms with van der Waals surface area (Å²) in [5, 5.41) is 5.38. The summed E-state index contributed by atoms with van der Waals surface area (Å²) < 4.78 is 7.25. The van der Waals surface area contributed by atoms with Crippen LogP contribution in [0.5, 0.6) is 5.75 Å². The van der Waals surface area contributed by atoms with E-state index in [2.05, 4.69) is 26.0 Å². The molecule has 0 fully saturated rings. The summed E-state index contributed by atoms with van der Waals surface area (Å²) in [4.78, 5) is 17.8. The average molecular weight is 469 g/mol. The van der Waals surface area contributed by atoms with Gasteiger partial charge in [-0.05, 0) is 45.8 Å². The summed E-state index contributed by atoms with van der Waals surface area (Å²) >= 11 is 9.69. The highest BCUT2D eigenvalue weighted by atomic mass is 79.9. The zero-order chi connectivity index (χ0) is 20.4. The molecule has 0 saturated heterocycles. The summed E-state index contributed by atoms with van der Waals surface area (Å²) in [5.41, 5.74) is 1.88. The third-order valence-electron chi connectivity index (χ3n) is 4.33.